The second-order valence-corrected chi connectivity index (χ2v) is 4.98. The molecule has 0 aliphatic carbocycles. The number of nitrogens with one attached hydrogen (secondary N) is 1. The molecule has 3 rings (SSSR count). The van der Waals surface area contributed by atoms with Crippen molar-refractivity contribution < 1.29 is 13.9 Å². The first-order valence-corrected chi connectivity index (χ1v) is 6.68. The van der Waals surface area contributed by atoms with Crippen molar-refractivity contribution in [3.8, 4) is 5.75 Å². The van der Waals surface area contributed by atoms with Gasteiger partial charge >= 0.3 is 0 Å². The van der Waals surface area contributed by atoms with E-state index >= 15 is 0 Å². The van der Waals surface area contributed by atoms with E-state index in [9.17, 15) is 0 Å². The first kappa shape index (κ1) is 12.5. The maximum Gasteiger partial charge on any atom is 0.176 e. The van der Waals surface area contributed by atoms with Crippen molar-refractivity contribution in [1.82, 2.24) is 5.32 Å². The number of hydrogen-bond acceptors (Lipinski definition) is 4. The minimum absolute atomic E-state index is 0.170. The normalized spacial score (nSPS) is 20.8. The lowest BCUT2D eigenvalue weighted by atomic mass is 10.1. The summed E-state index contributed by atoms with van der Waals surface area (Å²) in [5.41, 5.74) is 0.816. The number of benzene rings is 1. The number of para-hydroxylation sites is 1. The third-order valence-electron chi connectivity index (χ3n) is 3.59. The average molecular weight is 261 g/mol. The van der Waals surface area contributed by atoms with Crippen molar-refractivity contribution in [2.24, 2.45) is 0 Å². The summed E-state index contributed by atoms with van der Waals surface area (Å²) in [6.45, 7) is 3.74. The highest BCUT2D eigenvalue weighted by molar-refractivity contribution is 5.83. The molecule has 4 heteroatoms. The zero-order valence-electron chi connectivity index (χ0n) is 11.3. The molecule has 19 heavy (non-hydrogen) atoms. The van der Waals surface area contributed by atoms with Gasteiger partial charge in [-0.3, -0.25) is 0 Å². The highest BCUT2D eigenvalue weighted by Crippen LogP contribution is 2.31. The van der Waals surface area contributed by atoms with Gasteiger partial charge in [0.25, 0.3) is 0 Å². The van der Waals surface area contributed by atoms with Crippen molar-refractivity contribution in [2.45, 2.75) is 25.4 Å². The standard InChI is InChI=1S/C15H19NO3/c1-10(16-12-6-7-18-9-12)14-8-11-4-3-5-13(17-2)15(11)19-14/h3-5,8,10,12,16H,6-7,9H2,1-2H3. The van der Waals surface area contributed by atoms with Gasteiger partial charge in [-0.15, -0.1) is 0 Å². The Morgan fingerprint density at radius 1 is 1.42 bits per heavy atom. The Bertz CT molecular complexity index is 558. The van der Waals surface area contributed by atoms with E-state index in [1.54, 1.807) is 7.11 Å². The largest absolute Gasteiger partial charge is 0.493 e. The summed E-state index contributed by atoms with van der Waals surface area (Å²) in [7, 11) is 1.66. The third kappa shape index (κ3) is 2.46. The van der Waals surface area contributed by atoms with Crippen LogP contribution in [0.5, 0.6) is 5.75 Å². The molecule has 1 N–H and O–H groups in total. The minimum atomic E-state index is 0.170. The van der Waals surface area contributed by atoms with Gasteiger partial charge in [-0.1, -0.05) is 12.1 Å². The zero-order chi connectivity index (χ0) is 13.2. The van der Waals surface area contributed by atoms with Gasteiger partial charge in [-0.25, -0.2) is 0 Å². The lowest BCUT2D eigenvalue weighted by Gasteiger charge is -2.15. The van der Waals surface area contributed by atoms with Crippen LogP contribution in [0, 0.1) is 0 Å². The Morgan fingerprint density at radius 2 is 2.32 bits per heavy atom. The first-order valence-electron chi connectivity index (χ1n) is 6.68. The van der Waals surface area contributed by atoms with Gasteiger partial charge in [-0.2, -0.15) is 0 Å². The summed E-state index contributed by atoms with van der Waals surface area (Å²) in [4.78, 5) is 0. The van der Waals surface area contributed by atoms with Crippen LogP contribution in [0.3, 0.4) is 0 Å². The van der Waals surface area contributed by atoms with E-state index < -0.39 is 0 Å². The molecule has 102 valence electrons. The molecule has 1 fully saturated rings. The number of ether oxygens (including phenoxy) is 2. The van der Waals surface area contributed by atoms with Crippen LogP contribution in [-0.2, 0) is 4.74 Å². The van der Waals surface area contributed by atoms with Crippen LogP contribution >= 0.6 is 0 Å². The lowest BCUT2D eigenvalue weighted by Crippen LogP contribution is -2.31. The zero-order valence-corrected chi connectivity index (χ0v) is 11.3. The Balaban J connectivity index is 1.83. The number of furan rings is 1. The van der Waals surface area contributed by atoms with Crippen molar-refractivity contribution >= 4 is 11.0 Å². The van der Waals surface area contributed by atoms with Crippen LogP contribution in [0.2, 0.25) is 0 Å². The topological polar surface area (TPSA) is 43.6 Å². The van der Waals surface area contributed by atoms with Gasteiger partial charge in [0.1, 0.15) is 5.76 Å². The SMILES string of the molecule is COc1cccc2cc(C(C)NC3CCOC3)oc12. The first-order chi connectivity index (χ1) is 9.28. The van der Waals surface area contributed by atoms with Crippen molar-refractivity contribution in [3.63, 3.8) is 0 Å². The molecule has 1 aromatic carbocycles. The van der Waals surface area contributed by atoms with E-state index in [1.807, 2.05) is 18.2 Å². The van der Waals surface area contributed by atoms with Crippen molar-refractivity contribution in [3.05, 3.63) is 30.0 Å². The quantitative estimate of drug-likeness (QED) is 0.919. The van der Waals surface area contributed by atoms with Crippen LogP contribution in [0.25, 0.3) is 11.0 Å². The Hall–Kier alpha value is -1.52. The molecular formula is C15H19NO3. The summed E-state index contributed by atoms with van der Waals surface area (Å²) >= 11 is 0. The second kappa shape index (κ2) is 5.23. The third-order valence-corrected chi connectivity index (χ3v) is 3.59. The molecule has 4 nitrogen and oxygen atoms in total. The van der Waals surface area contributed by atoms with Crippen LogP contribution < -0.4 is 10.1 Å². The number of fused-ring (bicyclic) bond motifs is 1. The second-order valence-electron chi connectivity index (χ2n) is 4.98. The molecule has 1 aromatic heterocycles. The molecule has 0 saturated carbocycles. The molecule has 1 aliphatic rings. The van der Waals surface area contributed by atoms with Crippen molar-refractivity contribution in [1.29, 1.82) is 0 Å². The molecule has 0 spiro atoms. The van der Waals surface area contributed by atoms with Crippen molar-refractivity contribution in [2.75, 3.05) is 20.3 Å². The molecule has 2 atom stereocenters. The maximum atomic E-state index is 5.93. The number of methoxy groups -OCH3 is 1. The lowest BCUT2D eigenvalue weighted by molar-refractivity contribution is 0.187. The van der Waals surface area contributed by atoms with Gasteiger partial charge in [-0.05, 0) is 25.5 Å². The summed E-state index contributed by atoms with van der Waals surface area (Å²) in [5, 5.41) is 4.61. The minimum Gasteiger partial charge on any atom is -0.493 e. The monoisotopic (exact) mass is 261 g/mol. The summed E-state index contributed by atoms with van der Waals surface area (Å²) < 4.78 is 16.6. The fourth-order valence-corrected chi connectivity index (χ4v) is 2.53. The van der Waals surface area contributed by atoms with E-state index in [0.29, 0.717) is 6.04 Å². The maximum absolute atomic E-state index is 5.93. The smallest absolute Gasteiger partial charge is 0.176 e. The van der Waals surface area contributed by atoms with Gasteiger partial charge < -0.3 is 19.2 Å². The number of hydrogen-bond donors (Lipinski definition) is 1. The van der Waals surface area contributed by atoms with E-state index in [1.165, 1.54) is 0 Å². The summed E-state index contributed by atoms with van der Waals surface area (Å²) in [6.07, 6.45) is 1.06. The fraction of sp³-hybridized carbons (Fsp3) is 0.467. The van der Waals surface area contributed by atoms with E-state index in [-0.39, 0.29) is 6.04 Å². The van der Waals surface area contributed by atoms with Gasteiger partial charge in [0, 0.05) is 18.0 Å². The highest BCUT2D eigenvalue weighted by Gasteiger charge is 2.20. The summed E-state index contributed by atoms with van der Waals surface area (Å²) in [6, 6.07) is 8.60. The predicted octanol–water partition coefficient (Wildman–Crippen LogP) is 2.88. The Morgan fingerprint density at radius 3 is 3.05 bits per heavy atom. The predicted molar refractivity (Wildman–Crippen MR) is 73.5 cm³/mol. The molecule has 0 amide bonds. The Labute approximate surface area is 112 Å². The molecular weight excluding hydrogens is 242 g/mol. The number of rotatable bonds is 4. The fourth-order valence-electron chi connectivity index (χ4n) is 2.53. The molecule has 2 heterocycles. The van der Waals surface area contributed by atoms with Crippen LogP contribution in [0.15, 0.2) is 28.7 Å². The van der Waals surface area contributed by atoms with Crippen LogP contribution in [0.4, 0.5) is 0 Å². The molecule has 2 unspecified atom stereocenters. The Kier molecular flexibility index (Phi) is 3.44. The molecule has 2 aromatic rings. The van der Waals surface area contributed by atoms with Gasteiger partial charge in [0.05, 0.1) is 19.8 Å². The molecule has 0 radical (unpaired) electrons. The van der Waals surface area contributed by atoms with Crippen LogP contribution in [0.1, 0.15) is 25.1 Å². The van der Waals surface area contributed by atoms with E-state index in [2.05, 4.69) is 18.3 Å². The van der Waals surface area contributed by atoms with Crippen LogP contribution in [-0.4, -0.2) is 26.4 Å². The molecule has 1 aliphatic heterocycles. The average Bonchev–Trinajstić information content (AvgIpc) is 3.06. The molecule has 0 bridgehead atoms. The molecule has 1 saturated heterocycles. The van der Waals surface area contributed by atoms with Gasteiger partial charge in [0.2, 0.25) is 0 Å². The highest BCUT2D eigenvalue weighted by atomic mass is 16.5. The summed E-state index contributed by atoms with van der Waals surface area (Å²) in [5.74, 6) is 1.71. The van der Waals surface area contributed by atoms with Gasteiger partial charge in [0.15, 0.2) is 11.3 Å². The van der Waals surface area contributed by atoms with E-state index in [4.69, 9.17) is 13.9 Å². The van der Waals surface area contributed by atoms with E-state index in [0.717, 1.165) is 42.1 Å².